The van der Waals surface area contributed by atoms with Crippen molar-refractivity contribution in [1.29, 1.82) is 0 Å². The molecule has 40 heavy (non-hydrogen) atoms. The second kappa shape index (κ2) is 12.3. The Kier molecular flexibility index (Phi) is 8.46. The first-order valence-corrected chi connectivity index (χ1v) is 14.0. The largest absolute Gasteiger partial charge is 0.355 e. The van der Waals surface area contributed by atoms with Gasteiger partial charge in [-0.25, -0.2) is 0 Å². The number of anilines is 1. The number of halogens is 1. The zero-order valence-corrected chi connectivity index (χ0v) is 23.2. The summed E-state index contributed by atoms with van der Waals surface area (Å²) < 4.78 is 0. The maximum atomic E-state index is 13.8. The van der Waals surface area contributed by atoms with Crippen LogP contribution in [-0.4, -0.2) is 41.8 Å². The van der Waals surface area contributed by atoms with Crippen LogP contribution >= 0.6 is 11.6 Å². The third-order valence-electron chi connectivity index (χ3n) is 7.29. The van der Waals surface area contributed by atoms with E-state index in [1.165, 1.54) is 0 Å². The van der Waals surface area contributed by atoms with Crippen LogP contribution in [0, 0.1) is 0 Å². The normalized spacial score (nSPS) is 12.9. The van der Waals surface area contributed by atoms with Gasteiger partial charge in [0.2, 0.25) is 11.8 Å². The summed E-state index contributed by atoms with van der Waals surface area (Å²) in [6.45, 7) is 2.99. The van der Waals surface area contributed by atoms with Gasteiger partial charge in [0, 0.05) is 48.4 Å². The predicted molar refractivity (Wildman–Crippen MR) is 159 cm³/mol. The highest BCUT2D eigenvalue weighted by Crippen LogP contribution is 2.37. The topological polar surface area (TPSA) is 69.7 Å². The molecular formula is C33H32ClN3O3. The van der Waals surface area contributed by atoms with E-state index in [1.807, 2.05) is 91.9 Å². The lowest BCUT2D eigenvalue weighted by Gasteiger charge is -2.32. The molecule has 0 saturated carbocycles. The highest BCUT2D eigenvalue weighted by atomic mass is 35.5. The Morgan fingerprint density at radius 2 is 1.65 bits per heavy atom. The average Bonchev–Trinajstić information content (AvgIpc) is 3.23. The number of rotatable bonds is 11. The average molecular weight is 554 g/mol. The lowest BCUT2D eigenvalue weighted by Crippen LogP contribution is -2.50. The lowest BCUT2D eigenvalue weighted by molar-refractivity contribution is -0.141. The minimum atomic E-state index is -0.694. The molecule has 204 valence electrons. The standard InChI is InChI=1S/C33H32ClN3O3/c1-2-35-32(39)29(21-23-10-4-3-5-11-23)37(22-24-12-6-15-26(34)20-24)30(38)18-9-19-36-28-17-8-14-25-13-7-16-27(31(25)28)33(36)40/h3-8,10-17,20,29H,2,9,18-19,21-22H2,1H3,(H,35,39). The summed E-state index contributed by atoms with van der Waals surface area (Å²) in [5.74, 6) is -0.382. The Bertz CT molecular complexity index is 1530. The van der Waals surface area contributed by atoms with Crippen LogP contribution in [0.1, 0.15) is 41.3 Å². The molecule has 0 fully saturated rings. The number of nitrogens with zero attached hydrogens (tertiary/aromatic N) is 2. The Morgan fingerprint density at radius 3 is 2.40 bits per heavy atom. The summed E-state index contributed by atoms with van der Waals surface area (Å²) in [7, 11) is 0. The molecule has 1 atom stereocenters. The minimum Gasteiger partial charge on any atom is -0.355 e. The molecule has 1 aliphatic rings. The van der Waals surface area contributed by atoms with Gasteiger partial charge in [-0.2, -0.15) is 0 Å². The van der Waals surface area contributed by atoms with E-state index in [0.717, 1.165) is 27.6 Å². The summed E-state index contributed by atoms with van der Waals surface area (Å²) in [6, 6.07) is 28.0. The van der Waals surface area contributed by atoms with Crippen LogP contribution in [0.4, 0.5) is 5.69 Å². The van der Waals surface area contributed by atoms with Crippen LogP contribution in [0.2, 0.25) is 5.02 Å². The molecule has 0 bridgehead atoms. The highest BCUT2D eigenvalue weighted by molar-refractivity contribution is 6.30. The molecule has 5 rings (SSSR count). The molecule has 0 aromatic heterocycles. The maximum absolute atomic E-state index is 13.8. The highest BCUT2D eigenvalue weighted by Gasteiger charge is 2.32. The molecule has 1 aliphatic heterocycles. The van der Waals surface area contributed by atoms with Gasteiger partial charge in [0.1, 0.15) is 6.04 Å². The lowest BCUT2D eigenvalue weighted by atomic mass is 10.0. The van der Waals surface area contributed by atoms with E-state index < -0.39 is 6.04 Å². The molecule has 0 radical (unpaired) electrons. The van der Waals surface area contributed by atoms with Gasteiger partial charge < -0.3 is 15.1 Å². The molecule has 4 aromatic carbocycles. The van der Waals surface area contributed by atoms with Crippen LogP contribution in [0.25, 0.3) is 10.8 Å². The van der Waals surface area contributed by atoms with Crippen molar-refractivity contribution in [2.45, 2.75) is 38.8 Å². The third-order valence-corrected chi connectivity index (χ3v) is 7.52. The summed E-state index contributed by atoms with van der Waals surface area (Å²) in [4.78, 5) is 43.8. The van der Waals surface area contributed by atoms with Crippen molar-refractivity contribution in [2.24, 2.45) is 0 Å². The fourth-order valence-electron chi connectivity index (χ4n) is 5.41. The summed E-state index contributed by atoms with van der Waals surface area (Å²) in [5, 5.41) is 5.48. The fourth-order valence-corrected chi connectivity index (χ4v) is 5.62. The molecule has 0 saturated heterocycles. The quantitative estimate of drug-likeness (QED) is 0.247. The van der Waals surface area contributed by atoms with Crippen molar-refractivity contribution in [1.82, 2.24) is 10.2 Å². The van der Waals surface area contributed by atoms with Gasteiger partial charge in [0.15, 0.2) is 0 Å². The van der Waals surface area contributed by atoms with Crippen molar-refractivity contribution >= 4 is 45.8 Å². The molecule has 1 unspecified atom stereocenters. The van der Waals surface area contributed by atoms with E-state index in [-0.39, 0.29) is 30.7 Å². The number of hydrogen-bond acceptors (Lipinski definition) is 3. The van der Waals surface area contributed by atoms with E-state index in [9.17, 15) is 14.4 Å². The summed E-state index contributed by atoms with van der Waals surface area (Å²) in [6.07, 6.45) is 1.05. The molecule has 4 aromatic rings. The first-order chi connectivity index (χ1) is 19.5. The van der Waals surface area contributed by atoms with Crippen molar-refractivity contribution in [3.05, 3.63) is 113 Å². The second-order valence-corrected chi connectivity index (χ2v) is 10.4. The molecule has 3 amide bonds. The van der Waals surface area contributed by atoms with Gasteiger partial charge in [-0.15, -0.1) is 0 Å². The zero-order valence-electron chi connectivity index (χ0n) is 22.5. The minimum absolute atomic E-state index is 0.0423. The van der Waals surface area contributed by atoms with E-state index in [1.54, 1.807) is 15.9 Å². The van der Waals surface area contributed by atoms with Crippen molar-refractivity contribution in [3.8, 4) is 0 Å². The Labute approximate surface area is 239 Å². The van der Waals surface area contributed by atoms with E-state index in [0.29, 0.717) is 36.5 Å². The SMILES string of the molecule is CCNC(=O)C(Cc1ccccc1)N(Cc1cccc(Cl)c1)C(=O)CCCN1C(=O)c2cccc3cccc1c23. The first-order valence-electron chi connectivity index (χ1n) is 13.7. The van der Waals surface area contributed by atoms with Crippen LogP contribution < -0.4 is 10.2 Å². The maximum Gasteiger partial charge on any atom is 0.258 e. The van der Waals surface area contributed by atoms with Gasteiger partial charge in [0.25, 0.3) is 5.91 Å². The van der Waals surface area contributed by atoms with Crippen LogP contribution in [0.3, 0.4) is 0 Å². The van der Waals surface area contributed by atoms with Gasteiger partial charge >= 0.3 is 0 Å². The van der Waals surface area contributed by atoms with Crippen LogP contribution in [-0.2, 0) is 22.6 Å². The van der Waals surface area contributed by atoms with Crippen molar-refractivity contribution in [3.63, 3.8) is 0 Å². The van der Waals surface area contributed by atoms with Gasteiger partial charge in [-0.3, -0.25) is 14.4 Å². The number of hydrogen-bond donors (Lipinski definition) is 1. The monoisotopic (exact) mass is 553 g/mol. The van der Waals surface area contributed by atoms with Crippen LogP contribution in [0.15, 0.2) is 91.0 Å². The first kappa shape index (κ1) is 27.4. The second-order valence-electron chi connectivity index (χ2n) is 9.99. The molecular weight excluding hydrogens is 522 g/mol. The molecule has 7 heteroatoms. The number of amides is 3. The fraction of sp³-hybridized carbons (Fsp3) is 0.242. The Balaban J connectivity index is 1.36. The predicted octanol–water partition coefficient (Wildman–Crippen LogP) is 6.01. The van der Waals surface area contributed by atoms with Gasteiger partial charge in [-0.1, -0.05) is 78.3 Å². The number of nitrogens with one attached hydrogen (secondary N) is 1. The number of carbonyl (C=O) groups is 3. The molecule has 0 aliphatic carbocycles. The van der Waals surface area contributed by atoms with E-state index in [4.69, 9.17) is 11.6 Å². The number of carbonyl (C=O) groups excluding carboxylic acids is 3. The number of likely N-dealkylation sites (N-methyl/N-ethyl adjacent to an activating group) is 1. The van der Waals surface area contributed by atoms with Crippen molar-refractivity contribution < 1.29 is 14.4 Å². The van der Waals surface area contributed by atoms with Crippen LogP contribution in [0.5, 0.6) is 0 Å². The molecule has 1 N–H and O–H groups in total. The smallest absolute Gasteiger partial charge is 0.258 e. The van der Waals surface area contributed by atoms with E-state index >= 15 is 0 Å². The van der Waals surface area contributed by atoms with Crippen molar-refractivity contribution in [2.75, 3.05) is 18.0 Å². The zero-order chi connectivity index (χ0) is 28.1. The summed E-state index contributed by atoms with van der Waals surface area (Å²) in [5.41, 5.74) is 3.39. The summed E-state index contributed by atoms with van der Waals surface area (Å²) >= 11 is 6.25. The third kappa shape index (κ3) is 5.87. The van der Waals surface area contributed by atoms with Gasteiger partial charge in [-0.05, 0) is 54.1 Å². The Morgan fingerprint density at radius 1 is 0.925 bits per heavy atom. The van der Waals surface area contributed by atoms with E-state index in [2.05, 4.69) is 5.32 Å². The molecule has 0 spiro atoms. The Hall–Kier alpha value is -4.16. The molecule has 1 heterocycles. The van der Waals surface area contributed by atoms with Gasteiger partial charge in [0.05, 0.1) is 5.69 Å². The number of benzene rings is 4. The molecule has 6 nitrogen and oxygen atoms in total.